The monoisotopic (exact) mass is 1040 g/mol. The molecular weight excluding hydrogens is 925 g/mol. The minimum absolute atomic E-state index is 0.0971. The van der Waals surface area contributed by atoms with Crippen molar-refractivity contribution in [3.63, 3.8) is 0 Å². The minimum Gasteiger partial charge on any atom is -0.462 e. The number of unbranched alkanes of at least 4 members (excludes halogenated alkanes) is 24. The third-order valence-electron chi connectivity index (χ3n) is 13.0. The Kier molecular flexibility index (Phi) is 58.9. The van der Waals surface area contributed by atoms with Crippen molar-refractivity contribution in [1.29, 1.82) is 0 Å². The fourth-order valence-corrected chi connectivity index (χ4v) is 8.38. The van der Waals surface area contributed by atoms with Gasteiger partial charge in [-0.15, -0.1) is 0 Å². The number of esters is 3. The number of hydrogen-bond acceptors (Lipinski definition) is 6. The quantitative estimate of drug-likeness (QED) is 0.0261. The van der Waals surface area contributed by atoms with Crippen molar-refractivity contribution in [2.24, 2.45) is 0 Å². The molecule has 0 rings (SSSR count). The Balaban J connectivity index is 4.43. The average Bonchev–Trinajstić information content (AvgIpc) is 3.41. The third-order valence-corrected chi connectivity index (χ3v) is 13.0. The predicted octanol–water partition coefficient (Wildman–Crippen LogP) is 21.2. The maximum absolute atomic E-state index is 12.9. The molecule has 0 aliphatic heterocycles. The van der Waals surface area contributed by atoms with Crippen LogP contribution in [0.15, 0.2) is 122 Å². The SMILES string of the molecule is CC/C=C\C/C=C\C/C=C\C/C=C\C/C=C\C/C=C\CCCCC(=O)OC(COC(=O)CCCCCCCCCCCC/C=C\C/C=C\C/C=C\C/C=C\CC)COC(=O)CCCCCCCCCCCCCCC. The van der Waals surface area contributed by atoms with Gasteiger partial charge in [-0.25, -0.2) is 0 Å². The van der Waals surface area contributed by atoms with Crippen LogP contribution in [-0.2, 0) is 28.6 Å². The zero-order valence-corrected chi connectivity index (χ0v) is 48.8. The summed E-state index contributed by atoms with van der Waals surface area (Å²) in [5, 5.41) is 0. The van der Waals surface area contributed by atoms with E-state index in [-0.39, 0.29) is 37.5 Å². The highest BCUT2D eigenvalue weighted by Gasteiger charge is 2.19. The summed E-state index contributed by atoms with van der Waals surface area (Å²) in [5.41, 5.74) is 0. The van der Waals surface area contributed by atoms with Gasteiger partial charge in [0, 0.05) is 19.3 Å². The Bertz CT molecular complexity index is 1570. The van der Waals surface area contributed by atoms with Gasteiger partial charge in [-0.1, -0.05) is 271 Å². The molecule has 0 amide bonds. The van der Waals surface area contributed by atoms with E-state index in [1.54, 1.807) is 0 Å². The van der Waals surface area contributed by atoms with Gasteiger partial charge in [0.1, 0.15) is 13.2 Å². The van der Waals surface area contributed by atoms with E-state index in [1.165, 1.54) is 116 Å². The molecule has 0 aliphatic carbocycles. The molecule has 0 saturated carbocycles. The van der Waals surface area contributed by atoms with Crippen LogP contribution in [0, 0.1) is 0 Å². The lowest BCUT2D eigenvalue weighted by Crippen LogP contribution is -2.30. The van der Waals surface area contributed by atoms with Gasteiger partial charge in [-0.2, -0.15) is 0 Å². The first-order chi connectivity index (χ1) is 37.0. The van der Waals surface area contributed by atoms with E-state index < -0.39 is 6.10 Å². The van der Waals surface area contributed by atoms with E-state index in [2.05, 4.69) is 142 Å². The first kappa shape index (κ1) is 70.8. The molecule has 1 atom stereocenters. The Hall–Kier alpha value is -4.19. The molecule has 0 aliphatic rings. The number of rotatable bonds is 55. The molecule has 6 heteroatoms. The molecule has 6 nitrogen and oxygen atoms in total. The van der Waals surface area contributed by atoms with Crippen molar-refractivity contribution in [2.45, 2.75) is 284 Å². The van der Waals surface area contributed by atoms with Crippen LogP contribution in [0.2, 0.25) is 0 Å². The van der Waals surface area contributed by atoms with E-state index in [4.69, 9.17) is 14.2 Å². The maximum Gasteiger partial charge on any atom is 0.306 e. The molecule has 0 saturated heterocycles. The predicted molar refractivity (Wildman–Crippen MR) is 325 cm³/mol. The summed E-state index contributed by atoms with van der Waals surface area (Å²) in [7, 11) is 0. The van der Waals surface area contributed by atoms with Crippen molar-refractivity contribution in [2.75, 3.05) is 13.2 Å². The van der Waals surface area contributed by atoms with Gasteiger partial charge < -0.3 is 14.2 Å². The van der Waals surface area contributed by atoms with E-state index in [0.717, 1.165) is 116 Å². The van der Waals surface area contributed by atoms with Crippen LogP contribution in [0.1, 0.15) is 278 Å². The summed E-state index contributed by atoms with van der Waals surface area (Å²) in [4.78, 5) is 38.3. The van der Waals surface area contributed by atoms with Crippen molar-refractivity contribution < 1.29 is 28.6 Å². The fourth-order valence-electron chi connectivity index (χ4n) is 8.38. The molecule has 0 aromatic carbocycles. The van der Waals surface area contributed by atoms with Gasteiger partial charge >= 0.3 is 17.9 Å². The third kappa shape index (κ3) is 60.6. The molecule has 1 unspecified atom stereocenters. The molecule has 0 fully saturated rings. The summed E-state index contributed by atoms with van der Waals surface area (Å²) in [6.07, 6.45) is 86.2. The zero-order valence-electron chi connectivity index (χ0n) is 48.8. The summed E-state index contributed by atoms with van der Waals surface area (Å²) in [6, 6.07) is 0. The zero-order chi connectivity index (χ0) is 54.3. The highest BCUT2D eigenvalue weighted by atomic mass is 16.6. The Morgan fingerprint density at radius 3 is 0.840 bits per heavy atom. The lowest BCUT2D eigenvalue weighted by Gasteiger charge is -2.18. The van der Waals surface area contributed by atoms with Crippen molar-refractivity contribution in [1.82, 2.24) is 0 Å². The first-order valence-electron chi connectivity index (χ1n) is 31.0. The first-order valence-corrected chi connectivity index (χ1v) is 31.0. The largest absolute Gasteiger partial charge is 0.462 e. The molecular formula is C69H114O6. The highest BCUT2D eigenvalue weighted by Crippen LogP contribution is 2.16. The lowest BCUT2D eigenvalue weighted by atomic mass is 10.0. The Morgan fingerprint density at radius 1 is 0.280 bits per heavy atom. The van der Waals surface area contributed by atoms with Crippen LogP contribution in [0.25, 0.3) is 0 Å². The molecule has 0 spiro atoms. The molecule has 0 aromatic rings. The van der Waals surface area contributed by atoms with Crippen molar-refractivity contribution in [3.8, 4) is 0 Å². The van der Waals surface area contributed by atoms with E-state index >= 15 is 0 Å². The van der Waals surface area contributed by atoms with E-state index in [0.29, 0.717) is 19.3 Å². The molecule has 0 N–H and O–H groups in total. The Morgan fingerprint density at radius 2 is 0.520 bits per heavy atom. The van der Waals surface area contributed by atoms with Crippen LogP contribution in [0.3, 0.4) is 0 Å². The topological polar surface area (TPSA) is 78.9 Å². The highest BCUT2D eigenvalue weighted by molar-refractivity contribution is 5.71. The number of hydrogen-bond donors (Lipinski definition) is 0. The van der Waals surface area contributed by atoms with E-state index in [1.807, 2.05) is 0 Å². The second-order valence-electron chi connectivity index (χ2n) is 20.2. The maximum atomic E-state index is 12.9. The van der Waals surface area contributed by atoms with Crippen LogP contribution in [0.5, 0.6) is 0 Å². The van der Waals surface area contributed by atoms with Crippen LogP contribution >= 0.6 is 0 Å². The van der Waals surface area contributed by atoms with Gasteiger partial charge in [0.25, 0.3) is 0 Å². The molecule has 75 heavy (non-hydrogen) atoms. The second kappa shape index (κ2) is 62.4. The summed E-state index contributed by atoms with van der Waals surface area (Å²) >= 11 is 0. The van der Waals surface area contributed by atoms with Gasteiger partial charge in [-0.3, -0.25) is 14.4 Å². The Labute approximate surface area is 462 Å². The molecule has 0 aromatic heterocycles. The smallest absolute Gasteiger partial charge is 0.306 e. The van der Waals surface area contributed by atoms with Gasteiger partial charge in [0.15, 0.2) is 6.10 Å². The standard InChI is InChI=1S/C69H114O6/c1-4-7-10-13-16-19-22-25-27-29-31-33-34-36-37-39-41-44-47-50-53-56-59-62-68(71)74-65-66(64-73-67(70)61-58-55-52-49-46-43-24-21-18-15-12-9-6-3)75-69(72)63-60-57-54-51-48-45-42-40-38-35-32-30-28-26-23-20-17-14-11-8-5-2/h7-8,10-11,16-17,19-20,25-28,31-33,35,40,42,48,51,66H,4-6,9,12-15,18,21-24,29-30,34,36-39,41,43-47,49-50,52-65H2,1-3H3/b10-7-,11-8-,19-16-,20-17-,27-25-,28-26-,33-31-,35-32-,42-40-,51-48-. The van der Waals surface area contributed by atoms with Gasteiger partial charge in [0.2, 0.25) is 0 Å². The summed E-state index contributed by atoms with van der Waals surface area (Å²) in [6.45, 7) is 6.39. The molecule has 0 bridgehead atoms. The minimum atomic E-state index is -0.805. The number of carbonyl (C=O) groups excluding carboxylic acids is 3. The fraction of sp³-hybridized carbons (Fsp3) is 0.667. The summed E-state index contributed by atoms with van der Waals surface area (Å²) in [5.74, 6) is -0.941. The second-order valence-corrected chi connectivity index (χ2v) is 20.2. The average molecular weight is 1040 g/mol. The van der Waals surface area contributed by atoms with Gasteiger partial charge in [0.05, 0.1) is 0 Å². The van der Waals surface area contributed by atoms with Crippen molar-refractivity contribution >= 4 is 17.9 Å². The molecule has 0 radical (unpaired) electrons. The van der Waals surface area contributed by atoms with Crippen LogP contribution in [0.4, 0.5) is 0 Å². The molecule has 426 valence electrons. The number of allylic oxidation sites excluding steroid dienone is 20. The van der Waals surface area contributed by atoms with Crippen LogP contribution < -0.4 is 0 Å². The number of carbonyl (C=O) groups is 3. The van der Waals surface area contributed by atoms with Crippen LogP contribution in [-0.4, -0.2) is 37.2 Å². The molecule has 0 heterocycles. The number of ether oxygens (including phenoxy) is 3. The lowest BCUT2D eigenvalue weighted by molar-refractivity contribution is -0.167. The van der Waals surface area contributed by atoms with E-state index in [9.17, 15) is 14.4 Å². The van der Waals surface area contributed by atoms with Crippen molar-refractivity contribution in [3.05, 3.63) is 122 Å². The normalized spacial score (nSPS) is 12.9. The summed E-state index contributed by atoms with van der Waals surface area (Å²) < 4.78 is 16.9. The van der Waals surface area contributed by atoms with Gasteiger partial charge in [-0.05, 0) is 109 Å².